The summed E-state index contributed by atoms with van der Waals surface area (Å²) in [6.45, 7) is 0.630. The quantitative estimate of drug-likeness (QED) is 0.759. The monoisotopic (exact) mass is 306 g/mol. The van der Waals surface area contributed by atoms with Gasteiger partial charge in [-0.3, -0.25) is 0 Å². The minimum Gasteiger partial charge on any atom is -0.478 e. The first-order valence-corrected chi connectivity index (χ1v) is 7.58. The van der Waals surface area contributed by atoms with E-state index in [9.17, 15) is 4.79 Å². The second-order valence-electron chi connectivity index (χ2n) is 5.46. The lowest BCUT2D eigenvalue weighted by molar-refractivity contribution is 0.0696. The van der Waals surface area contributed by atoms with E-state index in [0.717, 1.165) is 24.2 Å². The summed E-state index contributed by atoms with van der Waals surface area (Å²) in [5.41, 5.74) is 2.56. The molecule has 3 rings (SSSR count). The lowest BCUT2D eigenvalue weighted by Crippen LogP contribution is -2.07. The third-order valence-corrected chi connectivity index (χ3v) is 3.81. The molecule has 1 aromatic heterocycles. The van der Waals surface area contributed by atoms with E-state index in [1.807, 2.05) is 30.5 Å². The van der Waals surface area contributed by atoms with Gasteiger partial charge in [0.2, 0.25) is 0 Å². The summed E-state index contributed by atoms with van der Waals surface area (Å²) in [6.07, 6.45) is 5.53. The van der Waals surface area contributed by atoms with Crippen molar-refractivity contribution >= 4 is 5.97 Å². The molecule has 0 amide bonds. The number of aryl methyl sites for hydroxylation is 2. The number of carbonyl (C=O) groups is 1. The maximum Gasteiger partial charge on any atom is 0.335 e. The van der Waals surface area contributed by atoms with E-state index in [-0.39, 0.29) is 0 Å². The maximum atomic E-state index is 11.1. The first-order valence-electron chi connectivity index (χ1n) is 7.58. The van der Waals surface area contributed by atoms with E-state index in [1.54, 1.807) is 24.4 Å². The Labute approximate surface area is 135 Å². The Balaban J connectivity index is 1.71. The molecule has 0 atom stereocenters. The Morgan fingerprint density at radius 2 is 1.78 bits per heavy atom. The Bertz CT molecular complexity index is 794. The zero-order valence-electron chi connectivity index (χ0n) is 12.7. The van der Waals surface area contributed by atoms with Gasteiger partial charge in [-0.15, -0.1) is 0 Å². The molecule has 23 heavy (non-hydrogen) atoms. The molecule has 0 fully saturated rings. The highest BCUT2D eigenvalue weighted by Crippen LogP contribution is 2.11. The SMILES string of the molecule is O=C(O)c1cccc(Cn2ccnc2CCc2ccccc2)c1. The fraction of sp³-hybridized carbons (Fsp3) is 0.158. The van der Waals surface area contributed by atoms with Gasteiger partial charge in [-0.2, -0.15) is 0 Å². The Morgan fingerprint density at radius 3 is 2.57 bits per heavy atom. The van der Waals surface area contributed by atoms with E-state index in [4.69, 9.17) is 5.11 Å². The van der Waals surface area contributed by atoms with Gasteiger partial charge in [0.1, 0.15) is 5.82 Å². The molecule has 0 saturated heterocycles. The van der Waals surface area contributed by atoms with E-state index >= 15 is 0 Å². The third kappa shape index (κ3) is 3.86. The summed E-state index contributed by atoms with van der Waals surface area (Å²) in [5, 5.41) is 9.08. The number of carboxylic acid groups (broad SMARTS) is 1. The number of hydrogen-bond donors (Lipinski definition) is 1. The van der Waals surface area contributed by atoms with Crippen LogP contribution in [0, 0.1) is 0 Å². The first-order chi connectivity index (χ1) is 11.2. The van der Waals surface area contributed by atoms with Crippen LogP contribution in [0.5, 0.6) is 0 Å². The molecule has 2 aromatic carbocycles. The topological polar surface area (TPSA) is 55.1 Å². The van der Waals surface area contributed by atoms with Crippen molar-refractivity contribution in [2.45, 2.75) is 19.4 Å². The van der Waals surface area contributed by atoms with Gasteiger partial charge in [-0.05, 0) is 29.7 Å². The van der Waals surface area contributed by atoms with Crippen LogP contribution in [0.25, 0.3) is 0 Å². The van der Waals surface area contributed by atoms with E-state index in [2.05, 4.69) is 21.7 Å². The van der Waals surface area contributed by atoms with Crippen LogP contribution in [0.3, 0.4) is 0 Å². The average molecular weight is 306 g/mol. The van der Waals surface area contributed by atoms with Crippen molar-refractivity contribution in [1.29, 1.82) is 0 Å². The molecule has 1 heterocycles. The van der Waals surface area contributed by atoms with Crippen LogP contribution in [0.1, 0.15) is 27.3 Å². The molecular weight excluding hydrogens is 288 g/mol. The number of nitrogens with zero attached hydrogens (tertiary/aromatic N) is 2. The van der Waals surface area contributed by atoms with Crippen LogP contribution in [0.2, 0.25) is 0 Å². The van der Waals surface area contributed by atoms with Crippen molar-refractivity contribution < 1.29 is 9.90 Å². The van der Waals surface area contributed by atoms with Crippen LogP contribution in [-0.4, -0.2) is 20.6 Å². The first kappa shape index (κ1) is 15.0. The predicted molar refractivity (Wildman–Crippen MR) is 88.6 cm³/mol. The van der Waals surface area contributed by atoms with Crippen molar-refractivity contribution in [2.75, 3.05) is 0 Å². The summed E-state index contributed by atoms with van der Waals surface area (Å²) >= 11 is 0. The summed E-state index contributed by atoms with van der Waals surface area (Å²) < 4.78 is 2.07. The number of hydrogen-bond acceptors (Lipinski definition) is 2. The molecule has 1 N–H and O–H groups in total. The normalized spacial score (nSPS) is 10.6. The second-order valence-corrected chi connectivity index (χ2v) is 5.46. The minimum atomic E-state index is -0.901. The molecule has 0 unspecified atom stereocenters. The maximum absolute atomic E-state index is 11.1. The highest BCUT2D eigenvalue weighted by Gasteiger charge is 2.07. The summed E-state index contributed by atoms with van der Waals surface area (Å²) in [6, 6.07) is 17.4. The second kappa shape index (κ2) is 6.92. The van der Waals surface area contributed by atoms with Crippen molar-refractivity contribution in [3.05, 3.63) is 89.5 Å². The largest absolute Gasteiger partial charge is 0.478 e. The highest BCUT2D eigenvalue weighted by atomic mass is 16.4. The molecule has 0 radical (unpaired) electrons. The van der Waals surface area contributed by atoms with Crippen LogP contribution in [0.4, 0.5) is 0 Å². The van der Waals surface area contributed by atoms with Gasteiger partial charge in [-0.25, -0.2) is 9.78 Å². The lowest BCUT2D eigenvalue weighted by Gasteiger charge is -2.09. The summed E-state index contributed by atoms with van der Waals surface area (Å²) in [5.74, 6) is 0.108. The van der Waals surface area contributed by atoms with E-state index in [0.29, 0.717) is 12.1 Å². The number of carboxylic acids is 1. The van der Waals surface area contributed by atoms with Gasteiger partial charge >= 0.3 is 5.97 Å². The number of benzene rings is 2. The molecule has 3 aromatic rings. The number of rotatable bonds is 6. The van der Waals surface area contributed by atoms with Crippen molar-refractivity contribution in [3.8, 4) is 0 Å². The molecule has 4 nitrogen and oxygen atoms in total. The Kier molecular flexibility index (Phi) is 4.52. The van der Waals surface area contributed by atoms with Gasteiger partial charge in [0, 0.05) is 25.4 Å². The lowest BCUT2D eigenvalue weighted by atomic mass is 10.1. The molecule has 0 bridgehead atoms. The zero-order chi connectivity index (χ0) is 16.1. The summed E-state index contributed by atoms with van der Waals surface area (Å²) in [7, 11) is 0. The molecular formula is C19H18N2O2. The van der Waals surface area contributed by atoms with Crippen LogP contribution >= 0.6 is 0 Å². The fourth-order valence-corrected chi connectivity index (χ4v) is 2.61. The van der Waals surface area contributed by atoms with Crippen molar-refractivity contribution in [3.63, 3.8) is 0 Å². The number of aromatic carboxylic acids is 1. The fourth-order valence-electron chi connectivity index (χ4n) is 2.61. The van der Waals surface area contributed by atoms with Gasteiger partial charge in [-0.1, -0.05) is 42.5 Å². The van der Waals surface area contributed by atoms with Crippen LogP contribution < -0.4 is 0 Å². The number of imidazole rings is 1. The molecule has 116 valence electrons. The van der Waals surface area contributed by atoms with Crippen LogP contribution in [-0.2, 0) is 19.4 Å². The van der Waals surface area contributed by atoms with Crippen molar-refractivity contribution in [1.82, 2.24) is 9.55 Å². The molecule has 0 aliphatic rings. The molecule has 4 heteroatoms. The van der Waals surface area contributed by atoms with E-state index in [1.165, 1.54) is 5.56 Å². The standard InChI is InChI=1S/C19H18N2O2/c22-19(23)17-8-4-7-16(13-17)14-21-12-11-20-18(21)10-9-15-5-2-1-3-6-15/h1-8,11-13H,9-10,14H2,(H,22,23). The summed E-state index contributed by atoms with van der Waals surface area (Å²) in [4.78, 5) is 15.5. The highest BCUT2D eigenvalue weighted by molar-refractivity contribution is 5.87. The van der Waals surface area contributed by atoms with Gasteiger partial charge < -0.3 is 9.67 Å². The molecule has 0 aliphatic heterocycles. The van der Waals surface area contributed by atoms with Crippen molar-refractivity contribution in [2.24, 2.45) is 0 Å². The van der Waals surface area contributed by atoms with Crippen LogP contribution in [0.15, 0.2) is 67.0 Å². The van der Waals surface area contributed by atoms with Gasteiger partial charge in [0.15, 0.2) is 0 Å². The zero-order valence-corrected chi connectivity index (χ0v) is 12.7. The van der Waals surface area contributed by atoms with Gasteiger partial charge in [0.25, 0.3) is 0 Å². The number of aromatic nitrogens is 2. The average Bonchev–Trinajstić information content (AvgIpc) is 3.01. The molecule has 0 spiro atoms. The van der Waals surface area contributed by atoms with Gasteiger partial charge in [0.05, 0.1) is 5.56 Å². The predicted octanol–water partition coefficient (Wildman–Crippen LogP) is 3.41. The molecule has 0 saturated carbocycles. The third-order valence-electron chi connectivity index (χ3n) is 3.81. The van der Waals surface area contributed by atoms with E-state index < -0.39 is 5.97 Å². The Morgan fingerprint density at radius 1 is 1.00 bits per heavy atom. The minimum absolute atomic E-state index is 0.313. The molecule has 0 aliphatic carbocycles. The Hall–Kier alpha value is -2.88. The smallest absolute Gasteiger partial charge is 0.335 e.